The van der Waals surface area contributed by atoms with Gasteiger partial charge in [-0.25, -0.2) is 4.79 Å². The second-order valence-corrected chi connectivity index (χ2v) is 5.59. The molecule has 0 spiro atoms. The first-order valence-corrected chi connectivity index (χ1v) is 6.82. The Morgan fingerprint density at radius 1 is 1.42 bits per heavy atom. The topological polar surface area (TPSA) is 78.4 Å². The number of carbonyl (C=O) groups is 2. The monoisotopic (exact) mass is 326 g/mol. The van der Waals surface area contributed by atoms with Crippen molar-refractivity contribution in [1.82, 2.24) is 5.32 Å². The molecule has 0 bridgehead atoms. The first-order chi connectivity index (χ1) is 8.99. The van der Waals surface area contributed by atoms with E-state index in [0.717, 1.165) is 6.54 Å². The van der Waals surface area contributed by atoms with Crippen molar-refractivity contribution < 1.29 is 14.7 Å². The minimum absolute atomic E-state index is 0.0826. The Bertz CT molecular complexity index is 519. The van der Waals surface area contributed by atoms with Crippen molar-refractivity contribution in [2.75, 3.05) is 18.4 Å². The van der Waals surface area contributed by atoms with Gasteiger partial charge in [0.15, 0.2) is 0 Å². The van der Waals surface area contributed by atoms with Gasteiger partial charge in [-0.05, 0) is 46.6 Å². The van der Waals surface area contributed by atoms with Crippen molar-refractivity contribution in [2.45, 2.75) is 6.92 Å². The van der Waals surface area contributed by atoms with Crippen LogP contribution >= 0.6 is 15.9 Å². The molecule has 0 saturated carbocycles. The summed E-state index contributed by atoms with van der Waals surface area (Å²) < 4.78 is 0.671. The van der Waals surface area contributed by atoms with E-state index in [9.17, 15) is 9.59 Å². The van der Waals surface area contributed by atoms with E-state index in [4.69, 9.17) is 5.11 Å². The van der Waals surface area contributed by atoms with E-state index in [-0.39, 0.29) is 23.3 Å². The number of carboxylic acids is 1. The van der Waals surface area contributed by atoms with E-state index < -0.39 is 5.97 Å². The van der Waals surface area contributed by atoms with Crippen LogP contribution in [0.1, 0.15) is 17.3 Å². The fourth-order valence-electron chi connectivity index (χ4n) is 2.14. The van der Waals surface area contributed by atoms with E-state index in [0.29, 0.717) is 16.7 Å². The Labute approximate surface area is 119 Å². The fourth-order valence-corrected chi connectivity index (χ4v) is 2.49. The van der Waals surface area contributed by atoms with Crippen molar-refractivity contribution in [3.05, 3.63) is 28.2 Å². The van der Waals surface area contributed by atoms with Crippen molar-refractivity contribution >= 4 is 33.5 Å². The van der Waals surface area contributed by atoms with Gasteiger partial charge in [0.1, 0.15) is 0 Å². The van der Waals surface area contributed by atoms with Gasteiger partial charge in [0, 0.05) is 11.0 Å². The molecule has 2 rings (SSSR count). The molecule has 1 aliphatic rings. The van der Waals surface area contributed by atoms with Crippen molar-refractivity contribution in [3.8, 4) is 0 Å². The van der Waals surface area contributed by atoms with Gasteiger partial charge in [-0.1, -0.05) is 6.92 Å². The second-order valence-electron chi connectivity index (χ2n) is 4.73. The lowest BCUT2D eigenvalue weighted by Crippen LogP contribution is -2.28. The molecule has 5 nitrogen and oxygen atoms in total. The first kappa shape index (κ1) is 14.0. The number of benzene rings is 1. The van der Waals surface area contributed by atoms with E-state index in [1.165, 1.54) is 12.1 Å². The molecule has 1 heterocycles. The van der Waals surface area contributed by atoms with E-state index in [2.05, 4.69) is 26.6 Å². The number of rotatable bonds is 3. The molecule has 102 valence electrons. The first-order valence-electron chi connectivity index (χ1n) is 6.03. The molecule has 0 radical (unpaired) electrons. The largest absolute Gasteiger partial charge is 0.478 e. The Morgan fingerprint density at radius 3 is 2.74 bits per heavy atom. The van der Waals surface area contributed by atoms with Crippen LogP contribution in [0.25, 0.3) is 0 Å². The normalized spacial score (nSPS) is 22.2. The second kappa shape index (κ2) is 5.71. The number of anilines is 1. The number of hydrogen-bond acceptors (Lipinski definition) is 3. The average molecular weight is 327 g/mol. The Hall–Kier alpha value is -1.40. The molecule has 1 fully saturated rings. The maximum atomic E-state index is 12.1. The van der Waals surface area contributed by atoms with Crippen LogP contribution in [0.3, 0.4) is 0 Å². The van der Waals surface area contributed by atoms with Crippen molar-refractivity contribution in [1.29, 1.82) is 0 Å². The zero-order chi connectivity index (χ0) is 14.0. The van der Waals surface area contributed by atoms with Crippen molar-refractivity contribution in [3.63, 3.8) is 0 Å². The van der Waals surface area contributed by atoms with Crippen LogP contribution in [0.15, 0.2) is 22.7 Å². The van der Waals surface area contributed by atoms with Gasteiger partial charge >= 0.3 is 5.97 Å². The summed E-state index contributed by atoms with van der Waals surface area (Å²) in [6.45, 7) is 3.50. The maximum absolute atomic E-state index is 12.1. The third-order valence-corrected chi connectivity index (χ3v) is 4.02. The SMILES string of the molecule is CC1CNCC1C(=O)Nc1cc(C(=O)O)ccc1Br. The Kier molecular flexibility index (Phi) is 4.21. The van der Waals surface area contributed by atoms with Gasteiger partial charge in [-0.3, -0.25) is 4.79 Å². The third-order valence-electron chi connectivity index (χ3n) is 3.33. The van der Waals surface area contributed by atoms with E-state index in [1.807, 2.05) is 6.92 Å². The zero-order valence-corrected chi connectivity index (χ0v) is 12.0. The molecule has 1 aromatic carbocycles. The third kappa shape index (κ3) is 3.13. The summed E-state index contributed by atoms with van der Waals surface area (Å²) >= 11 is 3.31. The highest BCUT2D eigenvalue weighted by Gasteiger charge is 2.29. The van der Waals surface area contributed by atoms with Crippen LogP contribution in [-0.4, -0.2) is 30.1 Å². The summed E-state index contributed by atoms with van der Waals surface area (Å²) in [6, 6.07) is 4.56. The highest BCUT2D eigenvalue weighted by molar-refractivity contribution is 9.10. The van der Waals surface area contributed by atoms with Gasteiger partial charge in [0.2, 0.25) is 5.91 Å². The molecule has 1 aromatic rings. The molecule has 1 aliphatic heterocycles. The summed E-state index contributed by atoms with van der Waals surface area (Å²) in [5.41, 5.74) is 0.639. The highest BCUT2D eigenvalue weighted by atomic mass is 79.9. The predicted molar refractivity (Wildman–Crippen MR) is 75.3 cm³/mol. The van der Waals surface area contributed by atoms with Crippen LogP contribution in [0.5, 0.6) is 0 Å². The molecule has 1 saturated heterocycles. The summed E-state index contributed by atoms with van der Waals surface area (Å²) in [4.78, 5) is 23.1. The minimum atomic E-state index is -1.01. The summed E-state index contributed by atoms with van der Waals surface area (Å²) in [7, 11) is 0. The molecule has 0 aromatic heterocycles. The molecule has 6 heteroatoms. The maximum Gasteiger partial charge on any atom is 0.335 e. The number of halogens is 1. The van der Waals surface area contributed by atoms with Crippen LogP contribution in [0.4, 0.5) is 5.69 Å². The standard InChI is InChI=1S/C13H15BrN2O3/c1-7-5-15-6-9(7)12(17)16-11-4-8(13(18)19)2-3-10(11)14/h2-4,7,9,15H,5-6H2,1H3,(H,16,17)(H,18,19). The molecule has 1 amide bonds. The van der Waals surface area contributed by atoms with Crippen molar-refractivity contribution in [2.24, 2.45) is 11.8 Å². The summed E-state index contributed by atoms with van der Waals surface area (Å²) in [5, 5.41) is 14.9. The number of amides is 1. The number of carboxylic acid groups (broad SMARTS) is 1. The Morgan fingerprint density at radius 2 is 2.16 bits per heavy atom. The number of aromatic carboxylic acids is 1. The molecular formula is C13H15BrN2O3. The lowest BCUT2D eigenvalue weighted by molar-refractivity contribution is -0.120. The molecule has 2 unspecified atom stereocenters. The van der Waals surface area contributed by atoms with Crippen LogP contribution in [0.2, 0.25) is 0 Å². The van der Waals surface area contributed by atoms with Crippen LogP contribution < -0.4 is 10.6 Å². The summed E-state index contributed by atoms with van der Waals surface area (Å²) in [5.74, 6) is -0.901. The lowest BCUT2D eigenvalue weighted by atomic mass is 9.97. The Balaban J connectivity index is 2.16. The van der Waals surface area contributed by atoms with E-state index >= 15 is 0 Å². The van der Waals surface area contributed by atoms with Crippen LogP contribution in [0, 0.1) is 11.8 Å². The average Bonchev–Trinajstić information content (AvgIpc) is 2.78. The quantitative estimate of drug-likeness (QED) is 0.793. The van der Waals surface area contributed by atoms with Gasteiger partial charge in [0.25, 0.3) is 0 Å². The zero-order valence-electron chi connectivity index (χ0n) is 10.4. The predicted octanol–water partition coefficient (Wildman–Crippen LogP) is 1.94. The van der Waals surface area contributed by atoms with Gasteiger partial charge in [-0.15, -0.1) is 0 Å². The number of nitrogens with one attached hydrogen (secondary N) is 2. The smallest absolute Gasteiger partial charge is 0.335 e. The molecule has 3 N–H and O–H groups in total. The highest BCUT2D eigenvalue weighted by Crippen LogP contribution is 2.25. The number of hydrogen-bond donors (Lipinski definition) is 3. The molecule has 19 heavy (non-hydrogen) atoms. The van der Waals surface area contributed by atoms with Gasteiger partial charge in [-0.2, -0.15) is 0 Å². The minimum Gasteiger partial charge on any atom is -0.478 e. The van der Waals surface area contributed by atoms with E-state index in [1.54, 1.807) is 6.07 Å². The molecular weight excluding hydrogens is 312 g/mol. The molecule has 2 atom stereocenters. The lowest BCUT2D eigenvalue weighted by Gasteiger charge is -2.15. The van der Waals surface area contributed by atoms with Gasteiger partial charge in [0.05, 0.1) is 17.2 Å². The summed E-state index contributed by atoms with van der Waals surface area (Å²) in [6.07, 6.45) is 0. The molecule has 0 aliphatic carbocycles. The fraction of sp³-hybridized carbons (Fsp3) is 0.385. The van der Waals surface area contributed by atoms with Gasteiger partial charge < -0.3 is 15.7 Å². The van der Waals surface area contributed by atoms with Crippen LogP contribution in [-0.2, 0) is 4.79 Å². The number of carbonyl (C=O) groups excluding carboxylic acids is 1.